The number of fused-ring (bicyclic) bond motifs is 6. The van der Waals surface area contributed by atoms with Crippen LogP contribution in [-0.2, 0) is 19.3 Å². The Morgan fingerprint density at radius 1 is 0.620 bits per heavy atom. The van der Waals surface area contributed by atoms with Gasteiger partial charge in [0, 0.05) is 34.4 Å². The van der Waals surface area contributed by atoms with Crippen LogP contribution in [0, 0.1) is 0 Å². The molecule has 2 nitrogen and oxygen atoms in total. The quantitative estimate of drug-likeness (QED) is 0.184. The summed E-state index contributed by atoms with van der Waals surface area (Å²) < 4.78 is 2.64. The molecule has 4 aliphatic carbocycles. The molecule has 0 fully saturated rings. The zero-order valence-electron chi connectivity index (χ0n) is 28.5. The van der Waals surface area contributed by atoms with Gasteiger partial charge in [0.2, 0.25) is 0 Å². The largest absolute Gasteiger partial charge is 0.333 e. The fourth-order valence-electron chi connectivity index (χ4n) is 9.38. The van der Waals surface area contributed by atoms with Crippen LogP contribution in [0.2, 0.25) is 0 Å². The Balaban J connectivity index is 0.987. The number of hydrogen-bond acceptors (Lipinski definition) is 1. The highest BCUT2D eigenvalue weighted by atomic mass is 15.2. The summed E-state index contributed by atoms with van der Waals surface area (Å²) >= 11 is 0. The van der Waals surface area contributed by atoms with Crippen molar-refractivity contribution in [3.05, 3.63) is 185 Å². The molecule has 1 aliphatic heterocycles. The monoisotopic (exact) mass is 646 g/mol. The van der Waals surface area contributed by atoms with Gasteiger partial charge in [0.25, 0.3) is 0 Å². The third-order valence-electron chi connectivity index (χ3n) is 11.8. The summed E-state index contributed by atoms with van der Waals surface area (Å²) in [6, 6.07) is 37.1. The summed E-state index contributed by atoms with van der Waals surface area (Å²) in [6.45, 7) is 0. The van der Waals surface area contributed by atoms with E-state index >= 15 is 0 Å². The maximum absolute atomic E-state index is 2.64. The summed E-state index contributed by atoms with van der Waals surface area (Å²) in [6.07, 6.45) is 28.7. The topological polar surface area (TPSA) is 8.17 Å². The van der Waals surface area contributed by atoms with Crippen molar-refractivity contribution in [3.8, 4) is 16.8 Å². The lowest BCUT2D eigenvalue weighted by Gasteiger charge is -2.29. The molecule has 2 heterocycles. The van der Waals surface area contributed by atoms with Crippen molar-refractivity contribution in [2.75, 3.05) is 4.90 Å². The number of hydrogen-bond donors (Lipinski definition) is 0. The lowest BCUT2D eigenvalue weighted by atomic mass is 9.80. The van der Waals surface area contributed by atoms with Crippen LogP contribution in [0.25, 0.3) is 28.5 Å². The highest BCUT2D eigenvalue weighted by Gasteiger charge is 2.38. The number of aromatic nitrogens is 1. The lowest BCUT2D eigenvalue weighted by Crippen LogP contribution is -2.28. The number of nitrogens with zero attached hydrogens (tertiary/aromatic N) is 2. The molecule has 0 bridgehead atoms. The zero-order valence-corrected chi connectivity index (χ0v) is 28.5. The second kappa shape index (κ2) is 12.2. The van der Waals surface area contributed by atoms with E-state index in [0.717, 1.165) is 38.5 Å². The summed E-state index contributed by atoms with van der Waals surface area (Å²) in [7, 11) is 0. The van der Waals surface area contributed by atoms with E-state index in [2.05, 4.69) is 161 Å². The standard InChI is InChI=1S/C48H42N2/c1-3-11-33(12-4-1)35-19-25-39(26-20-35)49-46-18-10-8-16-42(46)44-31-37(24-30-47(44)49)38-23-29-43-41-15-7-9-17-45(41)50(48(43)32-38)40-27-21-36(22-28-40)34-13-5-2-6-14-34/h1-3,5-8,10-11,13-16,18-22,24-28,30-31,38,42,46H,4,9,12,17,23,29,32H2. The number of rotatable bonds is 5. The molecule has 1 aromatic heterocycles. The predicted molar refractivity (Wildman–Crippen MR) is 210 cm³/mol. The Morgan fingerprint density at radius 2 is 1.40 bits per heavy atom. The van der Waals surface area contributed by atoms with Crippen LogP contribution in [-0.4, -0.2) is 10.6 Å². The van der Waals surface area contributed by atoms with Gasteiger partial charge >= 0.3 is 0 Å². The molecule has 0 N–H and O–H groups in total. The third-order valence-corrected chi connectivity index (χ3v) is 11.8. The number of anilines is 2. The molecule has 4 aromatic carbocycles. The van der Waals surface area contributed by atoms with Crippen molar-refractivity contribution in [1.29, 1.82) is 0 Å². The van der Waals surface area contributed by atoms with E-state index in [1.54, 1.807) is 5.56 Å². The van der Waals surface area contributed by atoms with Crippen LogP contribution in [0.5, 0.6) is 0 Å². The van der Waals surface area contributed by atoms with Gasteiger partial charge in [0.05, 0.1) is 6.04 Å². The number of benzene rings is 4. The lowest BCUT2D eigenvalue weighted by molar-refractivity contribution is 0.568. The minimum absolute atomic E-state index is 0.306. The van der Waals surface area contributed by atoms with Crippen molar-refractivity contribution in [2.24, 2.45) is 0 Å². The molecule has 50 heavy (non-hydrogen) atoms. The van der Waals surface area contributed by atoms with Gasteiger partial charge in [0.15, 0.2) is 0 Å². The highest BCUT2D eigenvalue weighted by molar-refractivity contribution is 5.78. The Morgan fingerprint density at radius 3 is 2.24 bits per heavy atom. The van der Waals surface area contributed by atoms with Gasteiger partial charge in [-0.15, -0.1) is 0 Å². The van der Waals surface area contributed by atoms with E-state index in [4.69, 9.17) is 0 Å². The first-order valence-electron chi connectivity index (χ1n) is 18.6. The highest BCUT2D eigenvalue weighted by Crippen LogP contribution is 2.50. The smallest absolute Gasteiger partial charge is 0.0629 e. The third kappa shape index (κ3) is 4.92. The Kier molecular flexibility index (Phi) is 7.22. The molecule has 5 aromatic rings. The molecule has 0 amide bonds. The van der Waals surface area contributed by atoms with E-state index in [-0.39, 0.29) is 0 Å². The van der Waals surface area contributed by atoms with E-state index in [0.29, 0.717) is 17.9 Å². The molecule has 5 aliphatic rings. The van der Waals surface area contributed by atoms with Crippen molar-refractivity contribution in [3.63, 3.8) is 0 Å². The van der Waals surface area contributed by atoms with Crippen LogP contribution in [0.3, 0.4) is 0 Å². The summed E-state index contributed by atoms with van der Waals surface area (Å²) in [5.41, 5.74) is 18.3. The summed E-state index contributed by atoms with van der Waals surface area (Å²) in [4.78, 5) is 2.58. The minimum Gasteiger partial charge on any atom is -0.333 e. The maximum atomic E-state index is 2.64. The van der Waals surface area contributed by atoms with E-state index in [1.165, 1.54) is 73.8 Å². The minimum atomic E-state index is 0.306. The first-order valence-corrected chi connectivity index (χ1v) is 18.6. The average molecular weight is 647 g/mol. The van der Waals surface area contributed by atoms with Crippen molar-refractivity contribution in [1.82, 2.24) is 4.57 Å². The second-order valence-electron chi connectivity index (χ2n) is 14.6. The van der Waals surface area contributed by atoms with Gasteiger partial charge in [-0.1, -0.05) is 121 Å². The van der Waals surface area contributed by atoms with E-state index < -0.39 is 0 Å². The van der Waals surface area contributed by atoms with Crippen LogP contribution in [0.4, 0.5) is 11.4 Å². The summed E-state index contributed by atoms with van der Waals surface area (Å²) in [5.74, 6) is 0.868. The van der Waals surface area contributed by atoms with Gasteiger partial charge in [0.1, 0.15) is 0 Å². The molecule has 0 saturated carbocycles. The fourth-order valence-corrected chi connectivity index (χ4v) is 9.38. The summed E-state index contributed by atoms with van der Waals surface area (Å²) in [5, 5.41) is 0. The Labute approximate surface area is 296 Å². The van der Waals surface area contributed by atoms with Gasteiger partial charge in [-0.25, -0.2) is 0 Å². The predicted octanol–water partition coefficient (Wildman–Crippen LogP) is 11.8. The van der Waals surface area contributed by atoms with Gasteiger partial charge < -0.3 is 9.47 Å². The van der Waals surface area contributed by atoms with E-state index in [9.17, 15) is 0 Å². The van der Waals surface area contributed by atoms with Crippen molar-refractivity contribution >= 4 is 23.0 Å². The molecule has 2 heteroatoms. The van der Waals surface area contributed by atoms with Crippen molar-refractivity contribution < 1.29 is 0 Å². The molecular formula is C48H42N2. The van der Waals surface area contributed by atoms with Gasteiger partial charge in [-0.2, -0.15) is 0 Å². The molecule has 0 saturated heterocycles. The molecule has 0 spiro atoms. The molecule has 3 atom stereocenters. The first-order chi connectivity index (χ1) is 24.8. The molecule has 244 valence electrons. The first kappa shape index (κ1) is 29.6. The van der Waals surface area contributed by atoms with Crippen LogP contribution in [0.1, 0.15) is 76.7 Å². The van der Waals surface area contributed by atoms with E-state index in [1.807, 2.05) is 0 Å². The average Bonchev–Trinajstić information content (AvgIpc) is 3.71. The van der Waals surface area contributed by atoms with Gasteiger partial charge in [-0.3, -0.25) is 0 Å². The fraction of sp³-hybridized carbons (Fsp3) is 0.208. The molecular weight excluding hydrogens is 605 g/mol. The number of allylic oxidation sites excluding steroid dienone is 7. The normalized spacial score (nSPS) is 21.4. The van der Waals surface area contributed by atoms with Crippen LogP contribution < -0.4 is 4.90 Å². The SMILES string of the molecule is C1=CCCC(c2ccc(N3c4ccc(C5CCc6c7c(n(-c8ccc(-c9ccccc9)cc8)c6C5)CCC=C7)cc4C4C=CC=CC43)cc2)=C1. The van der Waals surface area contributed by atoms with Crippen LogP contribution >= 0.6 is 0 Å². The maximum Gasteiger partial charge on any atom is 0.0629 e. The van der Waals surface area contributed by atoms with Gasteiger partial charge in [-0.05, 0) is 126 Å². The zero-order chi connectivity index (χ0) is 33.0. The Bertz CT molecular complexity index is 2240. The molecule has 0 radical (unpaired) electrons. The van der Waals surface area contributed by atoms with Crippen molar-refractivity contribution in [2.45, 2.75) is 62.8 Å². The molecule has 10 rings (SSSR count). The van der Waals surface area contributed by atoms with Crippen LogP contribution in [0.15, 0.2) is 146 Å². The Hall–Kier alpha value is -5.34. The molecule has 3 unspecified atom stereocenters. The second-order valence-corrected chi connectivity index (χ2v) is 14.6.